The highest BCUT2D eigenvalue weighted by Gasteiger charge is 2.07. The quantitative estimate of drug-likeness (QED) is 0.744. The maximum Gasteiger partial charge on any atom is 0.343 e. The molecule has 0 aliphatic carbocycles. The molecule has 1 heterocycles. The van der Waals surface area contributed by atoms with Crippen LogP contribution in [0.5, 0.6) is 5.75 Å². The van der Waals surface area contributed by atoms with Gasteiger partial charge in [0.15, 0.2) is 6.61 Å². The minimum Gasteiger partial charge on any atom is -0.480 e. The standard InChI is InChI=1S/C11H16N2O3/c1-8-4-5-10(9(13-8)6-12-2)16-7-11(14)15-3/h4-5,12H,6-7H2,1-3H3. The van der Waals surface area contributed by atoms with E-state index >= 15 is 0 Å². The molecule has 0 saturated heterocycles. The molecule has 1 rings (SSSR count). The lowest BCUT2D eigenvalue weighted by Gasteiger charge is -2.10. The van der Waals surface area contributed by atoms with Gasteiger partial charge in [-0.05, 0) is 26.1 Å². The molecule has 0 radical (unpaired) electrons. The van der Waals surface area contributed by atoms with E-state index in [1.54, 1.807) is 6.07 Å². The van der Waals surface area contributed by atoms with E-state index in [1.807, 2.05) is 20.0 Å². The molecular formula is C11H16N2O3. The Hall–Kier alpha value is -1.62. The minimum absolute atomic E-state index is 0.0993. The SMILES string of the molecule is CNCc1nc(C)ccc1OCC(=O)OC. The fourth-order valence-corrected chi connectivity index (χ4v) is 1.22. The molecule has 88 valence electrons. The zero-order valence-electron chi connectivity index (χ0n) is 9.74. The van der Waals surface area contributed by atoms with Gasteiger partial charge in [0.1, 0.15) is 5.75 Å². The Bertz CT molecular complexity index is 366. The van der Waals surface area contributed by atoms with Crippen LogP contribution in [-0.4, -0.2) is 31.7 Å². The highest BCUT2D eigenvalue weighted by molar-refractivity contribution is 5.70. The number of hydrogen-bond donors (Lipinski definition) is 1. The van der Waals surface area contributed by atoms with Crippen molar-refractivity contribution in [3.8, 4) is 5.75 Å². The fraction of sp³-hybridized carbons (Fsp3) is 0.455. The summed E-state index contributed by atoms with van der Waals surface area (Å²) in [6, 6.07) is 3.64. The second-order valence-electron chi connectivity index (χ2n) is 3.29. The summed E-state index contributed by atoms with van der Waals surface area (Å²) in [5, 5.41) is 2.99. The minimum atomic E-state index is -0.406. The third-order valence-electron chi connectivity index (χ3n) is 1.99. The zero-order valence-corrected chi connectivity index (χ0v) is 9.74. The molecule has 5 heteroatoms. The number of esters is 1. The van der Waals surface area contributed by atoms with Crippen LogP contribution in [0.2, 0.25) is 0 Å². The summed E-state index contributed by atoms with van der Waals surface area (Å²) in [5.74, 6) is 0.196. The predicted octanol–water partition coefficient (Wildman–Crippen LogP) is 0.661. The van der Waals surface area contributed by atoms with Crippen LogP contribution in [-0.2, 0) is 16.1 Å². The van der Waals surface area contributed by atoms with E-state index in [9.17, 15) is 4.79 Å². The van der Waals surface area contributed by atoms with E-state index in [-0.39, 0.29) is 6.61 Å². The average molecular weight is 224 g/mol. The molecule has 0 bridgehead atoms. The first kappa shape index (κ1) is 12.4. The second kappa shape index (κ2) is 6.07. The third-order valence-corrected chi connectivity index (χ3v) is 1.99. The number of ether oxygens (including phenoxy) is 2. The van der Waals surface area contributed by atoms with Gasteiger partial charge < -0.3 is 14.8 Å². The lowest BCUT2D eigenvalue weighted by Crippen LogP contribution is -2.15. The smallest absolute Gasteiger partial charge is 0.343 e. The predicted molar refractivity (Wildman–Crippen MR) is 59.2 cm³/mol. The number of carbonyl (C=O) groups is 1. The number of methoxy groups -OCH3 is 1. The first-order valence-corrected chi connectivity index (χ1v) is 4.98. The van der Waals surface area contributed by atoms with Gasteiger partial charge in [-0.2, -0.15) is 0 Å². The van der Waals surface area contributed by atoms with Gasteiger partial charge in [0.25, 0.3) is 0 Å². The van der Waals surface area contributed by atoms with Crippen molar-refractivity contribution >= 4 is 5.97 Å². The van der Waals surface area contributed by atoms with Crippen LogP contribution in [0.25, 0.3) is 0 Å². The van der Waals surface area contributed by atoms with E-state index in [1.165, 1.54) is 7.11 Å². The van der Waals surface area contributed by atoms with Crippen LogP contribution in [0, 0.1) is 6.92 Å². The van der Waals surface area contributed by atoms with E-state index in [2.05, 4.69) is 15.0 Å². The van der Waals surface area contributed by atoms with Crippen LogP contribution in [0.1, 0.15) is 11.4 Å². The Morgan fingerprint density at radius 2 is 2.25 bits per heavy atom. The first-order chi connectivity index (χ1) is 7.67. The van der Waals surface area contributed by atoms with Crippen molar-refractivity contribution in [2.75, 3.05) is 20.8 Å². The Labute approximate surface area is 94.8 Å². The molecule has 0 unspecified atom stereocenters. The van der Waals surface area contributed by atoms with E-state index in [4.69, 9.17) is 4.74 Å². The lowest BCUT2D eigenvalue weighted by atomic mass is 10.3. The third kappa shape index (κ3) is 3.51. The van der Waals surface area contributed by atoms with Crippen molar-refractivity contribution < 1.29 is 14.3 Å². The number of carbonyl (C=O) groups excluding carboxylic acids is 1. The largest absolute Gasteiger partial charge is 0.480 e. The van der Waals surface area contributed by atoms with Gasteiger partial charge in [-0.3, -0.25) is 4.98 Å². The Morgan fingerprint density at radius 1 is 1.50 bits per heavy atom. The summed E-state index contributed by atoms with van der Waals surface area (Å²) in [4.78, 5) is 15.3. The molecule has 1 aromatic heterocycles. The van der Waals surface area contributed by atoms with Crippen molar-refractivity contribution in [2.24, 2.45) is 0 Å². The zero-order chi connectivity index (χ0) is 12.0. The first-order valence-electron chi connectivity index (χ1n) is 4.98. The maximum atomic E-state index is 10.9. The lowest BCUT2D eigenvalue weighted by molar-refractivity contribution is -0.142. The fourth-order valence-electron chi connectivity index (χ4n) is 1.22. The molecule has 0 atom stereocenters. The topological polar surface area (TPSA) is 60.5 Å². The van der Waals surface area contributed by atoms with Gasteiger partial charge in [-0.15, -0.1) is 0 Å². The van der Waals surface area contributed by atoms with Crippen LogP contribution in [0.4, 0.5) is 0 Å². The van der Waals surface area contributed by atoms with Crippen molar-refractivity contribution in [3.63, 3.8) is 0 Å². The van der Waals surface area contributed by atoms with Crippen molar-refractivity contribution in [2.45, 2.75) is 13.5 Å². The van der Waals surface area contributed by atoms with Crippen molar-refractivity contribution in [1.29, 1.82) is 0 Å². The van der Waals surface area contributed by atoms with E-state index < -0.39 is 5.97 Å². The maximum absolute atomic E-state index is 10.9. The molecule has 0 fully saturated rings. The normalized spacial score (nSPS) is 9.94. The number of pyridine rings is 1. The second-order valence-corrected chi connectivity index (χ2v) is 3.29. The van der Waals surface area contributed by atoms with Crippen LogP contribution in [0.15, 0.2) is 12.1 Å². The molecule has 1 N–H and O–H groups in total. The van der Waals surface area contributed by atoms with Crippen LogP contribution >= 0.6 is 0 Å². The van der Waals surface area contributed by atoms with Gasteiger partial charge in [-0.25, -0.2) is 4.79 Å². The molecule has 0 saturated carbocycles. The summed E-state index contributed by atoms with van der Waals surface area (Å²) < 4.78 is 9.82. The number of nitrogens with one attached hydrogen (secondary N) is 1. The van der Waals surface area contributed by atoms with Crippen LogP contribution < -0.4 is 10.1 Å². The Kier molecular flexibility index (Phi) is 4.72. The van der Waals surface area contributed by atoms with Gasteiger partial charge >= 0.3 is 5.97 Å². The summed E-state index contributed by atoms with van der Waals surface area (Å²) in [6.07, 6.45) is 0. The number of rotatable bonds is 5. The number of nitrogens with zero attached hydrogens (tertiary/aromatic N) is 1. The highest BCUT2D eigenvalue weighted by atomic mass is 16.6. The van der Waals surface area contributed by atoms with E-state index in [0.717, 1.165) is 11.4 Å². The molecule has 0 amide bonds. The highest BCUT2D eigenvalue weighted by Crippen LogP contribution is 2.16. The molecule has 0 aromatic carbocycles. The molecule has 5 nitrogen and oxygen atoms in total. The van der Waals surface area contributed by atoms with Crippen molar-refractivity contribution in [1.82, 2.24) is 10.3 Å². The number of hydrogen-bond acceptors (Lipinski definition) is 5. The molecule has 0 aliphatic rings. The Balaban J connectivity index is 2.73. The van der Waals surface area contributed by atoms with Gasteiger partial charge in [0.05, 0.1) is 12.8 Å². The monoisotopic (exact) mass is 224 g/mol. The summed E-state index contributed by atoms with van der Waals surface area (Å²) in [5.41, 5.74) is 1.70. The molecule has 1 aromatic rings. The van der Waals surface area contributed by atoms with Gasteiger partial charge in [0.2, 0.25) is 0 Å². The van der Waals surface area contributed by atoms with Gasteiger partial charge in [0, 0.05) is 12.2 Å². The summed E-state index contributed by atoms with van der Waals surface area (Å²) >= 11 is 0. The van der Waals surface area contributed by atoms with Crippen LogP contribution in [0.3, 0.4) is 0 Å². The molecule has 0 aliphatic heterocycles. The summed E-state index contributed by atoms with van der Waals surface area (Å²) in [6.45, 7) is 2.40. The van der Waals surface area contributed by atoms with Gasteiger partial charge in [-0.1, -0.05) is 0 Å². The molecule has 16 heavy (non-hydrogen) atoms. The average Bonchev–Trinajstić information content (AvgIpc) is 2.28. The Morgan fingerprint density at radius 3 is 2.88 bits per heavy atom. The van der Waals surface area contributed by atoms with Crippen molar-refractivity contribution in [3.05, 3.63) is 23.5 Å². The molecule has 0 spiro atoms. The summed E-state index contributed by atoms with van der Waals surface area (Å²) in [7, 11) is 3.15. The number of aromatic nitrogens is 1. The molecular weight excluding hydrogens is 208 g/mol. The number of aryl methyl sites for hydroxylation is 1. The van der Waals surface area contributed by atoms with E-state index in [0.29, 0.717) is 12.3 Å².